The average molecular weight is 373 g/mol. The molecule has 1 aliphatic rings. The van der Waals surface area contributed by atoms with E-state index in [1.165, 1.54) is 4.90 Å². The van der Waals surface area contributed by atoms with E-state index in [4.69, 9.17) is 4.74 Å². The zero-order valence-electron chi connectivity index (χ0n) is 15.1. The van der Waals surface area contributed by atoms with Crippen molar-refractivity contribution >= 4 is 5.96 Å². The highest BCUT2D eigenvalue weighted by Crippen LogP contribution is 2.20. The van der Waals surface area contributed by atoms with Gasteiger partial charge in [0.2, 0.25) is 5.88 Å². The molecule has 2 rings (SSSR count). The fourth-order valence-electron chi connectivity index (χ4n) is 2.84. The summed E-state index contributed by atoms with van der Waals surface area (Å²) in [6, 6.07) is 3.65. The Balaban J connectivity index is 1.95. The summed E-state index contributed by atoms with van der Waals surface area (Å²) in [6.45, 7) is 5.29. The molecule has 1 atom stereocenters. The van der Waals surface area contributed by atoms with Gasteiger partial charge in [0.15, 0.2) is 5.96 Å². The normalized spacial score (nSPS) is 18.8. The molecule has 9 heteroatoms. The number of nitrogens with zero attached hydrogens (tertiary/aromatic N) is 3. The summed E-state index contributed by atoms with van der Waals surface area (Å²) >= 11 is 0. The number of halogens is 3. The monoisotopic (exact) mass is 373 g/mol. The van der Waals surface area contributed by atoms with Crippen LogP contribution in [0.1, 0.15) is 25.8 Å². The topological polar surface area (TPSA) is 61.8 Å². The molecule has 0 amide bonds. The second-order valence-corrected chi connectivity index (χ2v) is 6.08. The lowest BCUT2D eigenvalue weighted by Crippen LogP contribution is -2.45. The van der Waals surface area contributed by atoms with E-state index in [-0.39, 0.29) is 6.04 Å². The fraction of sp³-hybridized carbons (Fsp3) is 0.647. The molecule has 1 aliphatic heterocycles. The molecule has 0 saturated carbocycles. The van der Waals surface area contributed by atoms with Gasteiger partial charge in [0.1, 0.15) is 0 Å². The van der Waals surface area contributed by atoms with Crippen LogP contribution in [0.25, 0.3) is 0 Å². The van der Waals surface area contributed by atoms with Crippen molar-refractivity contribution in [3.63, 3.8) is 0 Å². The Kier molecular flexibility index (Phi) is 7.50. The number of guanidine groups is 1. The molecule has 1 saturated heterocycles. The molecule has 6 nitrogen and oxygen atoms in total. The largest absolute Gasteiger partial charge is 0.478 e. The Morgan fingerprint density at radius 2 is 2.23 bits per heavy atom. The van der Waals surface area contributed by atoms with Crippen LogP contribution in [0.15, 0.2) is 23.3 Å². The molecule has 26 heavy (non-hydrogen) atoms. The third kappa shape index (κ3) is 6.70. The number of nitrogens with one attached hydrogen (secondary N) is 2. The SMILES string of the molecule is CCNC(=NCc1cccnc1OCC)NC1CCN(CC(F)(F)F)C1. The minimum atomic E-state index is -4.16. The summed E-state index contributed by atoms with van der Waals surface area (Å²) in [5.74, 6) is 1.13. The minimum absolute atomic E-state index is 0.0598. The second-order valence-electron chi connectivity index (χ2n) is 6.08. The molecule has 0 spiro atoms. The quantitative estimate of drug-likeness (QED) is 0.567. The van der Waals surface area contributed by atoms with Crippen LogP contribution in [0.5, 0.6) is 5.88 Å². The Labute approximate surface area is 151 Å². The van der Waals surface area contributed by atoms with Crippen molar-refractivity contribution in [1.82, 2.24) is 20.5 Å². The molecule has 146 valence electrons. The van der Waals surface area contributed by atoms with Gasteiger partial charge in [0.25, 0.3) is 0 Å². The van der Waals surface area contributed by atoms with Crippen LogP contribution in [0, 0.1) is 0 Å². The van der Waals surface area contributed by atoms with Crippen molar-refractivity contribution in [3.8, 4) is 5.88 Å². The lowest BCUT2D eigenvalue weighted by Gasteiger charge is -2.19. The van der Waals surface area contributed by atoms with E-state index in [1.807, 2.05) is 26.0 Å². The first kappa shape index (κ1) is 20.3. The molecule has 1 aromatic rings. The zero-order valence-corrected chi connectivity index (χ0v) is 15.1. The summed E-state index contributed by atoms with van der Waals surface area (Å²) in [5, 5.41) is 6.35. The Morgan fingerprint density at radius 1 is 1.42 bits per heavy atom. The van der Waals surface area contributed by atoms with Gasteiger partial charge < -0.3 is 15.4 Å². The Morgan fingerprint density at radius 3 is 2.92 bits per heavy atom. The predicted octanol–water partition coefficient (Wildman–Crippen LogP) is 2.17. The van der Waals surface area contributed by atoms with Crippen molar-refractivity contribution in [3.05, 3.63) is 23.9 Å². The number of hydrogen-bond acceptors (Lipinski definition) is 4. The van der Waals surface area contributed by atoms with Gasteiger partial charge in [-0.25, -0.2) is 9.98 Å². The number of likely N-dealkylation sites (tertiary alicyclic amines) is 1. The van der Waals surface area contributed by atoms with Gasteiger partial charge in [0.05, 0.1) is 19.7 Å². The first-order chi connectivity index (χ1) is 12.4. The highest BCUT2D eigenvalue weighted by molar-refractivity contribution is 5.80. The molecule has 2 heterocycles. The number of aromatic nitrogens is 1. The van der Waals surface area contributed by atoms with E-state index in [9.17, 15) is 13.2 Å². The van der Waals surface area contributed by atoms with Gasteiger partial charge in [-0.2, -0.15) is 13.2 Å². The van der Waals surface area contributed by atoms with Gasteiger partial charge in [0, 0.05) is 37.4 Å². The molecular weight excluding hydrogens is 347 g/mol. The standard InChI is InChI=1S/C17H26F3N5O/c1-3-21-16(23-10-13-6-5-8-22-15(13)26-4-2)24-14-7-9-25(11-14)12-17(18,19)20/h5-6,8,14H,3-4,7,9-12H2,1-2H3,(H2,21,23,24). The average Bonchev–Trinajstić information content (AvgIpc) is 2.99. The summed E-state index contributed by atoms with van der Waals surface area (Å²) in [4.78, 5) is 10.1. The minimum Gasteiger partial charge on any atom is -0.478 e. The van der Waals surface area contributed by atoms with E-state index in [0.29, 0.717) is 51.0 Å². The van der Waals surface area contributed by atoms with Gasteiger partial charge in [-0.15, -0.1) is 0 Å². The van der Waals surface area contributed by atoms with Crippen molar-refractivity contribution in [1.29, 1.82) is 0 Å². The van der Waals surface area contributed by atoms with Gasteiger partial charge in [-0.3, -0.25) is 4.90 Å². The van der Waals surface area contributed by atoms with Crippen molar-refractivity contribution in [2.75, 3.05) is 32.8 Å². The molecule has 0 aromatic carbocycles. The summed E-state index contributed by atoms with van der Waals surface area (Å²) < 4.78 is 43.0. The summed E-state index contributed by atoms with van der Waals surface area (Å²) in [6.07, 6.45) is -1.85. The third-order valence-corrected chi connectivity index (χ3v) is 3.90. The highest BCUT2D eigenvalue weighted by atomic mass is 19.4. The summed E-state index contributed by atoms with van der Waals surface area (Å²) in [5.41, 5.74) is 0.858. The van der Waals surface area contributed by atoms with Crippen molar-refractivity contribution in [2.45, 2.75) is 39.0 Å². The van der Waals surface area contributed by atoms with E-state index in [2.05, 4.69) is 20.6 Å². The molecule has 2 N–H and O–H groups in total. The number of alkyl halides is 3. The molecule has 1 aromatic heterocycles. The first-order valence-electron chi connectivity index (χ1n) is 8.82. The first-order valence-corrected chi connectivity index (χ1v) is 8.82. The molecule has 1 unspecified atom stereocenters. The van der Waals surface area contributed by atoms with Crippen molar-refractivity contribution in [2.24, 2.45) is 4.99 Å². The lowest BCUT2D eigenvalue weighted by molar-refractivity contribution is -0.143. The molecule has 1 fully saturated rings. The van der Waals surface area contributed by atoms with Crippen LogP contribution in [0.4, 0.5) is 13.2 Å². The second kappa shape index (κ2) is 9.61. The van der Waals surface area contributed by atoms with E-state index >= 15 is 0 Å². The number of ether oxygens (including phenoxy) is 1. The summed E-state index contributed by atoms with van der Waals surface area (Å²) in [7, 11) is 0. The molecular formula is C17H26F3N5O. The van der Waals surface area contributed by atoms with Crippen LogP contribution in [0.3, 0.4) is 0 Å². The smallest absolute Gasteiger partial charge is 0.401 e. The number of pyridine rings is 1. The number of hydrogen-bond donors (Lipinski definition) is 2. The van der Waals surface area contributed by atoms with Gasteiger partial charge in [-0.1, -0.05) is 6.07 Å². The van der Waals surface area contributed by atoms with Gasteiger partial charge in [-0.05, 0) is 26.3 Å². The molecule has 0 radical (unpaired) electrons. The van der Waals surface area contributed by atoms with Crippen molar-refractivity contribution < 1.29 is 17.9 Å². The number of aliphatic imine (C=N–C) groups is 1. The fourth-order valence-corrected chi connectivity index (χ4v) is 2.84. The van der Waals surface area contributed by atoms with Crippen LogP contribution < -0.4 is 15.4 Å². The zero-order chi connectivity index (χ0) is 19.0. The maximum atomic E-state index is 12.5. The Hall–Kier alpha value is -2.03. The maximum absolute atomic E-state index is 12.5. The van der Waals surface area contributed by atoms with E-state index < -0.39 is 12.7 Å². The maximum Gasteiger partial charge on any atom is 0.401 e. The molecule has 0 aliphatic carbocycles. The Bertz CT molecular complexity index is 594. The highest BCUT2D eigenvalue weighted by Gasteiger charge is 2.34. The van der Waals surface area contributed by atoms with E-state index in [1.54, 1.807) is 6.20 Å². The third-order valence-electron chi connectivity index (χ3n) is 3.90. The van der Waals surface area contributed by atoms with Crippen LogP contribution in [-0.4, -0.2) is 60.8 Å². The van der Waals surface area contributed by atoms with Crippen LogP contribution in [-0.2, 0) is 6.54 Å². The van der Waals surface area contributed by atoms with Crippen LogP contribution >= 0.6 is 0 Å². The molecule has 0 bridgehead atoms. The predicted molar refractivity (Wildman–Crippen MR) is 94.3 cm³/mol. The van der Waals surface area contributed by atoms with E-state index in [0.717, 1.165) is 5.56 Å². The van der Waals surface area contributed by atoms with Crippen LogP contribution in [0.2, 0.25) is 0 Å². The lowest BCUT2D eigenvalue weighted by atomic mass is 10.2. The number of rotatable bonds is 7. The van der Waals surface area contributed by atoms with Gasteiger partial charge >= 0.3 is 6.18 Å².